The van der Waals surface area contributed by atoms with Crippen LogP contribution in [0.3, 0.4) is 0 Å². The second-order valence-electron chi connectivity index (χ2n) is 28.6. The van der Waals surface area contributed by atoms with Crippen LogP contribution in [0.15, 0.2) is 0 Å². The third-order valence-electron chi connectivity index (χ3n) is 20.1. The second kappa shape index (κ2) is 62.5. The summed E-state index contributed by atoms with van der Waals surface area (Å²) in [5, 5.41) is 87.8. The summed E-state index contributed by atoms with van der Waals surface area (Å²) in [4.78, 5) is 13.4. The zero-order valence-corrected chi connectivity index (χ0v) is 59.4. The number of hydrogen-bond acceptors (Lipinski definition) is 13. The molecule has 14 heteroatoms. The van der Waals surface area contributed by atoms with E-state index in [0.717, 1.165) is 51.4 Å². The minimum absolute atomic E-state index is 0.195. The van der Waals surface area contributed by atoms with Crippen molar-refractivity contribution in [2.45, 2.75) is 466 Å². The molecule has 542 valence electrons. The first-order valence-corrected chi connectivity index (χ1v) is 39.8. The van der Waals surface area contributed by atoms with Crippen molar-refractivity contribution in [1.82, 2.24) is 5.32 Å². The fraction of sp³-hybridized carbons (Fsp3) is 0.987. The van der Waals surface area contributed by atoms with Crippen molar-refractivity contribution in [3.05, 3.63) is 0 Å². The fourth-order valence-corrected chi connectivity index (χ4v) is 13.8. The Balaban J connectivity index is 1.60. The van der Waals surface area contributed by atoms with Gasteiger partial charge >= 0.3 is 0 Å². The first kappa shape index (κ1) is 86.1. The van der Waals surface area contributed by atoms with Crippen molar-refractivity contribution in [3.8, 4) is 0 Å². The van der Waals surface area contributed by atoms with E-state index in [2.05, 4.69) is 19.2 Å². The number of carbonyl (C=O) groups excluding carboxylic acids is 1. The first-order valence-electron chi connectivity index (χ1n) is 39.8. The average molecular weight is 1300 g/mol. The molecule has 2 fully saturated rings. The average Bonchev–Trinajstić information content (AvgIpc) is 1.25. The smallest absolute Gasteiger partial charge is 0.220 e. The van der Waals surface area contributed by atoms with E-state index in [1.54, 1.807) is 0 Å². The number of ether oxygens (including phenoxy) is 4. The van der Waals surface area contributed by atoms with E-state index in [9.17, 15) is 45.6 Å². The van der Waals surface area contributed by atoms with E-state index in [1.807, 2.05) is 0 Å². The van der Waals surface area contributed by atoms with E-state index >= 15 is 0 Å². The highest BCUT2D eigenvalue weighted by Crippen LogP contribution is 2.31. The molecule has 9 N–H and O–H groups in total. The normalized spacial score (nSPS) is 22.7. The third kappa shape index (κ3) is 46.0. The molecule has 0 aromatic rings. The monoisotopic (exact) mass is 1300 g/mol. The van der Waals surface area contributed by atoms with Gasteiger partial charge in [-0.2, -0.15) is 0 Å². The summed E-state index contributed by atoms with van der Waals surface area (Å²) in [6, 6.07) is -0.825. The number of hydrogen-bond donors (Lipinski definition) is 9. The number of aliphatic hydroxyl groups is 8. The van der Waals surface area contributed by atoms with Gasteiger partial charge in [0, 0.05) is 6.42 Å². The number of carbonyl (C=O) groups is 1. The molecule has 0 aliphatic carbocycles. The Morgan fingerprint density at radius 3 is 0.934 bits per heavy atom. The molecule has 2 aliphatic heterocycles. The van der Waals surface area contributed by atoms with Crippen molar-refractivity contribution in [2.75, 3.05) is 19.8 Å². The summed E-state index contributed by atoms with van der Waals surface area (Å²) in [7, 11) is 0. The quantitative estimate of drug-likeness (QED) is 0.0259. The van der Waals surface area contributed by atoms with Gasteiger partial charge in [0.25, 0.3) is 0 Å². The Morgan fingerprint density at radius 1 is 0.352 bits per heavy atom. The van der Waals surface area contributed by atoms with E-state index in [-0.39, 0.29) is 12.5 Å². The van der Waals surface area contributed by atoms with Gasteiger partial charge in [0.05, 0.1) is 32.0 Å². The van der Waals surface area contributed by atoms with Gasteiger partial charge in [0.2, 0.25) is 5.91 Å². The van der Waals surface area contributed by atoms with E-state index in [0.29, 0.717) is 12.8 Å². The van der Waals surface area contributed by atoms with Crippen molar-refractivity contribution in [2.24, 2.45) is 0 Å². The Bertz CT molecular complexity index is 1530. The molecule has 0 saturated carbocycles. The SMILES string of the molecule is CCCCCCCCCCCCCCCCCCCCCCCCCCCCCCCCCC(=O)NC(COC1OC(CO)C(OC2OC(CO)C(O)C(O)C2O)C(O)C1O)C(O)CCCCCCCCCCCCCCCCCCCCCCCCCCCC. The minimum atomic E-state index is -1.78. The lowest BCUT2D eigenvalue weighted by atomic mass is 9.97. The van der Waals surface area contributed by atoms with Gasteiger partial charge in [-0.1, -0.05) is 373 Å². The van der Waals surface area contributed by atoms with Crippen LogP contribution in [0.2, 0.25) is 0 Å². The summed E-state index contributed by atoms with van der Waals surface area (Å²) < 4.78 is 23.0. The molecular weight excluding hydrogens is 1150 g/mol. The van der Waals surface area contributed by atoms with E-state index in [1.165, 1.54) is 315 Å². The second-order valence-corrected chi connectivity index (χ2v) is 28.6. The largest absolute Gasteiger partial charge is 0.394 e. The van der Waals surface area contributed by atoms with Crippen LogP contribution in [0.1, 0.15) is 393 Å². The lowest BCUT2D eigenvalue weighted by molar-refractivity contribution is -0.359. The molecule has 0 aromatic heterocycles. The van der Waals surface area contributed by atoms with Crippen LogP contribution in [-0.2, 0) is 23.7 Å². The summed E-state index contributed by atoms with van der Waals surface area (Å²) in [5.41, 5.74) is 0. The van der Waals surface area contributed by atoms with Crippen LogP contribution >= 0.6 is 0 Å². The van der Waals surface area contributed by atoms with Crippen molar-refractivity contribution >= 4 is 5.91 Å². The van der Waals surface area contributed by atoms with Gasteiger partial charge in [-0.15, -0.1) is 0 Å². The highest BCUT2D eigenvalue weighted by atomic mass is 16.7. The maximum absolute atomic E-state index is 13.4. The van der Waals surface area contributed by atoms with Gasteiger partial charge in [-0.3, -0.25) is 4.79 Å². The maximum atomic E-state index is 13.4. The number of amides is 1. The minimum Gasteiger partial charge on any atom is -0.394 e. The Labute approximate surface area is 559 Å². The van der Waals surface area contributed by atoms with Gasteiger partial charge < -0.3 is 65.1 Å². The fourth-order valence-electron chi connectivity index (χ4n) is 13.8. The topological polar surface area (TPSA) is 228 Å². The zero-order valence-electron chi connectivity index (χ0n) is 59.4. The lowest BCUT2D eigenvalue weighted by Gasteiger charge is -2.46. The molecule has 0 bridgehead atoms. The van der Waals surface area contributed by atoms with Crippen LogP contribution in [0.4, 0.5) is 0 Å². The zero-order chi connectivity index (χ0) is 65.9. The number of rotatable bonds is 68. The Hall–Kier alpha value is -1.01. The predicted octanol–water partition coefficient (Wildman–Crippen LogP) is 17.5. The molecule has 2 aliphatic rings. The molecule has 0 aromatic carbocycles. The third-order valence-corrected chi connectivity index (χ3v) is 20.1. The summed E-state index contributed by atoms with van der Waals surface area (Å²) in [6.45, 7) is 2.95. The number of nitrogens with one attached hydrogen (secondary N) is 1. The number of unbranched alkanes of at least 4 members (excludes halogenated alkanes) is 55. The van der Waals surface area contributed by atoms with Crippen LogP contribution in [0.25, 0.3) is 0 Å². The van der Waals surface area contributed by atoms with Crippen LogP contribution < -0.4 is 5.32 Å². The van der Waals surface area contributed by atoms with Crippen molar-refractivity contribution in [1.29, 1.82) is 0 Å². The molecule has 1 amide bonds. The van der Waals surface area contributed by atoms with E-state index < -0.39 is 86.8 Å². The Morgan fingerprint density at radius 2 is 0.626 bits per heavy atom. The van der Waals surface area contributed by atoms with Gasteiger partial charge in [-0.25, -0.2) is 0 Å². The van der Waals surface area contributed by atoms with Crippen molar-refractivity contribution in [3.63, 3.8) is 0 Å². The molecule has 12 unspecified atom stereocenters. The molecule has 2 rings (SSSR count). The van der Waals surface area contributed by atoms with E-state index in [4.69, 9.17) is 18.9 Å². The highest BCUT2D eigenvalue weighted by molar-refractivity contribution is 5.76. The molecule has 0 spiro atoms. The van der Waals surface area contributed by atoms with Crippen LogP contribution in [-0.4, -0.2) is 140 Å². The summed E-state index contributed by atoms with van der Waals surface area (Å²) in [6.07, 6.45) is 60.0. The van der Waals surface area contributed by atoms with Crippen molar-refractivity contribution < 1.29 is 64.6 Å². The van der Waals surface area contributed by atoms with Gasteiger partial charge in [-0.05, 0) is 12.8 Å². The maximum Gasteiger partial charge on any atom is 0.220 e. The molecule has 2 heterocycles. The van der Waals surface area contributed by atoms with Gasteiger partial charge in [0.15, 0.2) is 12.6 Å². The molecular formula is C77H151NO13. The molecule has 12 atom stereocenters. The molecule has 0 radical (unpaired) electrons. The summed E-state index contributed by atoms with van der Waals surface area (Å²) >= 11 is 0. The molecule has 91 heavy (non-hydrogen) atoms. The first-order chi connectivity index (χ1) is 44.6. The number of aliphatic hydroxyl groups excluding tert-OH is 8. The van der Waals surface area contributed by atoms with Crippen LogP contribution in [0, 0.1) is 0 Å². The molecule has 2 saturated heterocycles. The highest BCUT2D eigenvalue weighted by Gasteiger charge is 2.51. The lowest BCUT2D eigenvalue weighted by Crippen LogP contribution is -2.65. The Kier molecular flexibility index (Phi) is 59.1. The summed E-state index contributed by atoms with van der Waals surface area (Å²) in [5.74, 6) is -0.195. The van der Waals surface area contributed by atoms with Crippen LogP contribution in [0.5, 0.6) is 0 Å². The predicted molar refractivity (Wildman–Crippen MR) is 374 cm³/mol. The standard InChI is InChI=1S/C77H151NO13/c1-3-5-7-9-11-13-15-17-19-21-23-25-27-29-31-32-33-34-35-37-39-41-43-45-47-49-51-53-55-57-59-61-69(82)78-65(64-88-76-74(87)72(85)75(68(63-80)90-76)91-77-73(86)71(84)70(83)67(62-79)89-77)66(81)60-58-56-54-52-50-48-46-44-42-40-38-36-30-28-26-24-22-20-18-16-14-12-10-8-6-4-2/h65-68,70-77,79-81,83-87H,3-64H2,1-2H3,(H,78,82). The molecule has 14 nitrogen and oxygen atoms in total. The van der Waals surface area contributed by atoms with Gasteiger partial charge in [0.1, 0.15) is 48.8 Å².